The minimum Gasteiger partial charge on any atom is -0.469 e. The highest BCUT2D eigenvalue weighted by molar-refractivity contribution is 6.02. The van der Waals surface area contributed by atoms with Crippen LogP contribution in [0.2, 0.25) is 0 Å². The number of hydrogen-bond donors (Lipinski definition) is 3. The maximum Gasteiger partial charge on any atom is 0.323 e. The summed E-state index contributed by atoms with van der Waals surface area (Å²) in [6.45, 7) is 8.47. The Bertz CT molecular complexity index is 998. The third-order valence-electron chi connectivity index (χ3n) is 6.56. The molecule has 1 saturated heterocycles. The second-order valence-corrected chi connectivity index (χ2v) is 9.61. The van der Waals surface area contributed by atoms with E-state index in [1.165, 1.54) is 7.11 Å². The van der Waals surface area contributed by atoms with Gasteiger partial charge in [0.05, 0.1) is 36.5 Å². The minimum absolute atomic E-state index is 0.0223. The molecule has 0 aromatic heterocycles. The van der Waals surface area contributed by atoms with E-state index in [0.29, 0.717) is 11.4 Å². The van der Waals surface area contributed by atoms with Crippen molar-refractivity contribution < 1.29 is 19.4 Å². The summed E-state index contributed by atoms with van der Waals surface area (Å²) in [7, 11) is 1.39. The Kier molecular flexibility index (Phi) is 8.20. The van der Waals surface area contributed by atoms with Gasteiger partial charge in [-0.3, -0.25) is 4.79 Å². The number of urea groups is 1. The Morgan fingerprint density at radius 3 is 2.50 bits per heavy atom. The van der Waals surface area contributed by atoms with Gasteiger partial charge in [-0.25, -0.2) is 4.79 Å². The van der Waals surface area contributed by atoms with Crippen LogP contribution in [-0.4, -0.2) is 42.4 Å². The van der Waals surface area contributed by atoms with Gasteiger partial charge in [-0.15, -0.1) is 0 Å². The molecule has 2 aromatic rings. The number of aliphatic hydroxyl groups is 1. The Morgan fingerprint density at radius 1 is 1.18 bits per heavy atom. The number of carbonyl (C=O) groups excluding carboxylic acids is 2. The van der Waals surface area contributed by atoms with E-state index in [-0.39, 0.29) is 30.4 Å². The van der Waals surface area contributed by atoms with Crippen LogP contribution in [0.25, 0.3) is 0 Å². The SMILES string of the molecule is CCC(CC(=O)OC)c1ccc(N2CCC[C@@H]2C(C)(C)O)c(NC(=O)Nc2ccc(C)cc2)c1. The summed E-state index contributed by atoms with van der Waals surface area (Å²) in [5.41, 5.74) is 3.41. The number of anilines is 3. The maximum absolute atomic E-state index is 12.9. The first kappa shape index (κ1) is 25.6. The number of amides is 2. The Hall–Kier alpha value is -3.06. The fraction of sp³-hybridized carbons (Fsp3) is 0.481. The average molecular weight is 468 g/mol. The Morgan fingerprint density at radius 2 is 1.88 bits per heavy atom. The zero-order valence-corrected chi connectivity index (χ0v) is 20.9. The van der Waals surface area contributed by atoms with Crippen LogP contribution >= 0.6 is 0 Å². The van der Waals surface area contributed by atoms with Crippen molar-refractivity contribution >= 4 is 29.1 Å². The number of benzene rings is 2. The van der Waals surface area contributed by atoms with Gasteiger partial charge in [0.2, 0.25) is 0 Å². The molecule has 3 N–H and O–H groups in total. The van der Waals surface area contributed by atoms with Crippen molar-refractivity contribution in [1.82, 2.24) is 0 Å². The molecule has 2 amide bonds. The monoisotopic (exact) mass is 467 g/mol. The molecule has 2 aromatic carbocycles. The molecule has 0 bridgehead atoms. The lowest BCUT2D eigenvalue weighted by atomic mass is 9.92. The van der Waals surface area contributed by atoms with Crippen LogP contribution in [0.3, 0.4) is 0 Å². The van der Waals surface area contributed by atoms with E-state index in [1.807, 2.05) is 70.2 Å². The molecule has 0 aliphatic carbocycles. The topological polar surface area (TPSA) is 90.9 Å². The largest absolute Gasteiger partial charge is 0.469 e. The number of hydrogen-bond acceptors (Lipinski definition) is 5. The van der Waals surface area contributed by atoms with E-state index in [1.54, 1.807) is 0 Å². The summed E-state index contributed by atoms with van der Waals surface area (Å²) in [5.74, 6) is -0.282. The fourth-order valence-electron chi connectivity index (χ4n) is 4.65. The summed E-state index contributed by atoms with van der Waals surface area (Å²) in [5, 5.41) is 16.7. The van der Waals surface area contributed by atoms with Crippen LogP contribution in [0, 0.1) is 6.92 Å². The third kappa shape index (κ3) is 6.29. The van der Waals surface area contributed by atoms with Gasteiger partial charge in [0.1, 0.15) is 0 Å². The highest BCUT2D eigenvalue weighted by Crippen LogP contribution is 2.38. The summed E-state index contributed by atoms with van der Waals surface area (Å²) < 4.78 is 4.88. The van der Waals surface area contributed by atoms with Crippen LogP contribution in [0.4, 0.5) is 21.9 Å². The smallest absolute Gasteiger partial charge is 0.323 e. The number of esters is 1. The fourth-order valence-corrected chi connectivity index (χ4v) is 4.65. The number of ether oxygens (including phenoxy) is 1. The molecule has 0 spiro atoms. The summed E-state index contributed by atoms with van der Waals surface area (Å²) in [6, 6.07) is 13.1. The van der Waals surface area contributed by atoms with Gasteiger partial charge in [-0.1, -0.05) is 30.7 Å². The van der Waals surface area contributed by atoms with Crippen molar-refractivity contribution in [1.29, 1.82) is 0 Å². The van der Waals surface area contributed by atoms with Crippen LogP contribution in [0.1, 0.15) is 63.5 Å². The molecule has 1 unspecified atom stereocenters. The molecule has 1 heterocycles. The molecular formula is C27H37N3O4. The molecule has 0 radical (unpaired) electrons. The molecular weight excluding hydrogens is 430 g/mol. The quantitative estimate of drug-likeness (QED) is 0.450. The van der Waals surface area contributed by atoms with Crippen molar-refractivity contribution in [3.8, 4) is 0 Å². The van der Waals surface area contributed by atoms with Crippen molar-refractivity contribution in [2.45, 2.75) is 70.9 Å². The highest BCUT2D eigenvalue weighted by Gasteiger charge is 2.37. The molecule has 0 saturated carbocycles. The number of nitrogens with one attached hydrogen (secondary N) is 2. The van der Waals surface area contributed by atoms with Crippen LogP contribution < -0.4 is 15.5 Å². The van der Waals surface area contributed by atoms with E-state index in [9.17, 15) is 14.7 Å². The maximum atomic E-state index is 12.9. The van der Waals surface area contributed by atoms with Gasteiger partial charge in [0.15, 0.2) is 0 Å². The Balaban J connectivity index is 1.93. The number of aryl methyl sites for hydroxylation is 1. The molecule has 1 aliphatic heterocycles. The normalized spacial score (nSPS) is 16.8. The van der Waals surface area contributed by atoms with Crippen molar-refractivity contribution in [2.75, 3.05) is 29.2 Å². The van der Waals surface area contributed by atoms with Crippen molar-refractivity contribution in [2.24, 2.45) is 0 Å². The molecule has 2 atom stereocenters. The summed E-state index contributed by atoms with van der Waals surface area (Å²) in [4.78, 5) is 27.0. The van der Waals surface area contributed by atoms with Gasteiger partial charge in [-0.2, -0.15) is 0 Å². The second kappa shape index (κ2) is 10.9. The number of methoxy groups -OCH3 is 1. The minimum atomic E-state index is -0.882. The lowest BCUT2D eigenvalue weighted by Crippen LogP contribution is -2.46. The molecule has 34 heavy (non-hydrogen) atoms. The van der Waals surface area contributed by atoms with Crippen molar-refractivity contribution in [3.05, 3.63) is 53.6 Å². The van der Waals surface area contributed by atoms with E-state index in [2.05, 4.69) is 15.5 Å². The highest BCUT2D eigenvalue weighted by atomic mass is 16.5. The average Bonchev–Trinajstić information content (AvgIpc) is 3.29. The first-order chi connectivity index (χ1) is 16.1. The number of rotatable bonds is 8. The van der Waals surface area contributed by atoms with E-state index >= 15 is 0 Å². The van der Waals surface area contributed by atoms with Gasteiger partial charge >= 0.3 is 12.0 Å². The first-order valence-corrected chi connectivity index (χ1v) is 12.0. The Labute approximate surface area is 202 Å². The van der Waals surface area contributed by atoms with Crippen LogP contribution in [0.15, 0.2) is 42.5 Å². The predicted molar refractivity (Wildman–Crippen MR) is 137 cm³/mol. The molecule has 7 heteroatoms. The summed E-state index contributed by atoms with van der Waals surface area (Å²) >= 11 is 0. The number of carbonyl (C=O) groups is 2. The van der Waals surface area contributed by atoms with Crippen LogP contribution in [0.5, 0.6) is 0 Å². The van der Waals surface area contributed by atoms with Gasteiger partial charge in [0.25, 0.3) is 0 Å². The van der Waals surface area contributed by atoms with E-state index in [4.69, 9.17) is 4.74 Å². The lowest BCUT2D eigenvalue weighted by molar-refractivity contribution is -0.141. The van der Waals surface area contributed by atoms with E-state index < -0.39 is 5.60 Å². The molecule has 1 aliphatic rings. The number of nitrogens with zero attached hydrogens (tertiary/aromatic N) is 1. The molecule has 3 rings (SSSR count). The van der Waals surface area contributed by atoms with Gasteiger partial charge < -0.3 is 25.4 Å². The first-order valence-electron chi connectivity index (χ1n) is 12.0. The molecule has 7 nitrogen and oxygen atoms in total. The standard InChI is InChI=1S/C27H37N3O4/c1-6-19(17-25(31)34-5)20-11-14-23(30-15-7-8-24(30)27(3,4)33)22(16-20)29-26(32)28-21-12-9-18(2)10-13-21/h9-14,16,19,24,33H,6-8,15,17H2,1-5H3,(H2,28,29,32)/t19?,24-/m1/s1. The zero-order chi connectivity index (χ0) is 24.9. The second-order valence-electron chi connectivity index (χ2n) is 9.61. The zero-order valence-electron chi connectivity index (χ0n) is 20.9. The van der Waals surface area contributed by atoms with E-state index in [0.717, 1.165) is 42.6 Å². The van der Waals surface area contributed by atoms with Gasteiger partial charge in [-0.05, 0) is 75.8 Å². The lowest BCUT2D eigenvalue weighted by Gasteiger charge is -2.36. The predicted octanol–water partition coefficient (Wildman–Crippen LogP) is 5.44. The third-order valence-corrected chi connectivity index (χ3v) is 6.56. The van der Waals surface area contributed by atoms with Gasteiger partial charge in [0, 0.05) is 12.2 Å². The molecule has 184 valence electrons. The summed E-state index contributed by atoms with van der Waals surface area (Å²) in [6.07, 6.45) is 2.88. The van der Waals surface area contributed by atoms with Crippen LogP contribution in [-0.2, 0) is 9.53 Å². The molecule has 1 fully saturated rings. The van der Waals surface area contributed by atoms with Crippen molar-refractivity contribution in [3.63, 3.8) is 0 Å².